The Bertz CT molecular complexity index is 411. The van der Waals surface area contributed by atoms with Crippen molar-refractivity contribution < 1.29 is 4.79 Å². The van der Waals surface area contributed by atoms with Gasteiger partial charge < -0.3 is 10.2 Å². The number of anilines is 1. The number of rotatable bonds is 5. The Kier molecular flexibility index (Phi) is 5.25. The molecule has 0 bridgehead atoms. The van der Waals surface area contributed by atoms with Gasteiger partial charge >= 0.3 is 0 Å². The predicted molar refractivity (Wildman–Crippen MR) is 79.4 cm³/mol. The maximum atomic E-state index is 12.0. The molecule has 0 saturated carbocycles. The number of carbonyl (C=O) groups is 1. The molecule has 1 aromatic rings. The van der Waals surface area contributed by atoms with E-state index in [0.29, 0.717) is 12.3 Å². The molecule has 1 aliphatic rings. The third kappa shape index (κ3) is 3.98. The zero-order valence-electron chi connectivity index (χ0n) is 11.8. The van der Waals surface area contributed by atoms with Crippen LogP contribution in [0.3, 0.4) is 0 Å². The van der Waals surface area contributed by atoms with Gasteiger partial charge in [-0.1, -0.05) is 25.1 Å². The molecular weight excluding hydrogens is 236 g/mol. The first kappa shape index (κ1) is 13.9. The first-order chi connectivity index (χ1) is 9.31. The molecule has 0 unspecified atom stereocenters. The number of para-hydroxylation sites is 1. The monoisotopic (exact) mass is 260 g/mol. The molecule has 1 aromatic carbocycles. The number of hydrogen-bond acceptors (Lipinski definition) is 2. The van der Waals surface area contributed by atoms with Gasteiger partial charge in [-0.3, -0.25) is 4.79 Å². The molecule has 104 valence electrons. The van der Waals surface area contributed by atoms with Crippen molar-refractivity contribution >= 4 is 11.6 Å². The highest BCUT2D eigenvalue weighted by Gasteiger charge is 2.15. The molecule has 0 spiro atoms. The van der Waals surface area contributed by atoms with Gasteiger partial charge in [0.2, 0.25) is 5.91 Å². The van der Waals surface area contributed by atoms with Crippen molar-refractivity contribution in [3.05, 3.63) is 29.8 Å². The first-order valence-electron chi connectivity index (χ1n) is 7.41. The summed E-state index contributed by atoms with van der Waals surface area (Å²) in [6.45, 7) is 4.78. The minimum Gasteiger partial charge on any atom is -0.384 e. The maximum absolute atomic E-state index is 12.0. The van der Waals surface area contributed by atoms with E-state index >= 15 is 0 Å². The van der Waals surface area contributed by atoms with Gasteiger partial charge in [-0.05, 0) is 37.3 Å². The Balaban J connectivity index is 1.78. The molecule has 0 aliphatic carbocycles. The average molecular weight is 260 g/mol. The van der Waals surface area contributed by atoms with Crippen LogP contribution in [0, 0.1) is 0 Å². The normalized spacial score (nSPS) is 15.3. The van der Waals surface area contributed by atoms with E-state index in [1.54, 1.807) is 0 Å². The molecule has 0 radical (unpaired) electrons. The van der Waals surface area contributed by atoms with E-state index in [0.717, 1.165) is 44.6 Å². The summed E-state index contributed by atoms with van der Waals surface area (Å²) < 4.78 is 0. The molecule has 3 heteroatoms. The van der Waals surface area contributed by atoms with E-state index in [9.17, 15) is 4.79 Å². The van der Waals surface area contributed by atoms with Crippen LogP contribution >= 0.6 is 0 Å². The van der Waals surface area contributed by atoms with E-state index in [-0.39, 0.29) is 0 Å². The number of carbonyl (C=O) groups excluding carboxylic acids is 1. The molecule has 0 atom stereocenters. The summed E-state index contributed by atoms with van der Waals surface area (Å²) >= 11 is 0. The maximum Gasteiger partial charge on any atom is 0.224 e. The van der Waals surface area contributed by atoms with Crippen molar-refractivity contribution in [2.24, 2.45) is 0 Å². The summed E-state index contributed by atoms with van der Waals surface area (Å²) in [5.41, 5.74) is 2.48. The fourth-order valence-electron chi connectivity index (χ4n) is 2.61. The minimum absolute atomic E-state index is 0.293. The zero-order chi connectivity index (χ0) is 13.5. The van der Waals surface area contributed by atoms with Crippen molar-refractivity contribution in [2.45, 2.75) is 39.0 Å². The van der Waals surface area contributed by atoms with Crippen LogP contribution in [0.4, 0.5) is 5.69 Å². The molecule has 2 rings (SSSR count). The van der Waals surface area contributed by atoms with Gasteiger partial charge in [-0.2, -0.15) is 0 Å². The lowest BCUT2D eigenvalue weighted by Crippen LogP contribution is -2.36. The topological polar surface area (TPSA) is 32.3 Å². The molecule has 1 N–H and O–H groups in total. The van der Waals surface area contributed by atoms with Gasteiger partial charge in [0.25, 0.3) is 0 Å². The van der Waals surface area contributed by atoms with Crippen LogP contribution in [0.25, 0.3) is 0 Å². The van der Waals surface area contributed by atoms with Crippen LogP contribution in [0.15, 0.2) is 24.3 Å². The molecule has 1 aliphatic heterocycles. The van der Waals surface area contributed by atoms with Crippen LogP contribution < -0.4 is 5.32 Å². The Labute approximate surface area is 116 Å². The number of aryl methyl sites for hydroxylation is 1. The Hall–Kier alpha value is -1.51. The van der Waals surface area contributed by atoms with Gasteiger partial charge in [0.05, 0.1) is 0 Å². The number of benzene rings is 1. The Morgan fingerprint density at radius 3 is 2.68 bits per heavy atom. The molecule has 3 nitrogen and oxygen atoms in total. The average Bonchev–Trinajstić information content (AvgIpc) is 2.48. The second-order valence-electron chi connectivity index (χ2n) is 5.13. The summed E-state index contributed by atoms with van der Waals surface area (Å²) in [5.74, 6) is 0.293. The van der Waals surface area contributed by atoms with E-state index in [1.165, 1.54) is 12.0 Å². The largest absolute Gasteiger partial charge is 0.384 e. The summed E-state index contributed by atoms with van der Waals surface area (Å²) in [6.07, 6.45) is 5.21. The highest BCUT2D eigenvalue weighted by Crippen LogP contribution is 2.15. The molecule has 1 amide bonds. The van der Waals surface area contributed by atoms with E-state index in [1.807, 2.05) is 11.0 Å². The second kappa shape index (κ2) is 7.17. The predicted octanol–water partition coefficient (Wildman–Crippen LogP) is 3.06. The Morgan fingerprint density at radius 2 is 1.95 bits per heavy atom. The highest BCUT2D eigenvalue weighted by atomic mass is 16.2. The molecule has 1 heterocycles. The number of piperidine rings is 1. The van der Waals surface area contributed by atoms with Crippen molar-refractivity contribution in [1.82, 2.24) is 4.90 Å². The van der Waals surface area contributed by atoms with Crippen molar-refractivity contribution in [3.8, 4) is 0 Å². The third-order valence-corrected chi connectivity index (χ3v) is 3.76. The number of nitrogens with one attached hydrogen (secondary N) is 1. The minimum atomic E-state index is 0.293. The molecule has 0 aromatic heterocycles. The van der Waals surface area contributed by atoms with E-state index in [2.05, 4.69) is 30.4 Å². The fraction of sp³-hybridized carbons (Fsp3) is 0.562. The second-order valence-corrected chi connectivity index (χ2v) is 5.13. The van der Waals surface area contributed by atoms with Gasteiger partial charge in [-0.25, -0.2) is 0 Å². The zero-order valence-corrected chi connectivity index (χ0v) is 11.8. The SMILES string of the molecule is CCc1ccccc1NCCC(=O)N1CCCCC1. The lowest BCUT2D eigenvalue weighted by molar-refractivity contribution is -0.131. The summed E-state index contributed by atoms with van der Waals surface area (Å²) in [6, 6.07) is 8.32. The van der Waals surface area contributed by atoms with Gasteiger partial charge in [0.15, 0.2) is 0 Å². The third-order valence-electron chi connectivity index (χ3n) is 3.76. The lowest BCUT2D eigenvalue weighted by Gasteiger charge is -2.26. The van der Waals surface area contributed by atoms with Gasteiger partial charge in [-0.15, -0.1) is 0 Å². The summed E-state index contributed by atoms with van der Waals surface area (Å²) in [5, 5.41) is 3.39. The quantitative estimate of drug-likeness (QED) is 0.882. The van der Waals surface area contributed by atoms with Crippen molar-refractivity contribution in [2.75, 3.05) is 25.0 Å². The van der Waals surface area contributed by atoms with Crippen LogP contribution in [-0.2, 0) is 11.2 Å². The molecular formula is C16H24N2O. The van der Waals surface area contributed by atoms with Gasteiger partial charge in [0.1, 0.15) is 0 Å². The summed E-state index contributed by atoms with van der Waals surface area (Å²) in [4.78, 5) is 14.0. The van der Waals surface area contributed by atoms with Gasteiger partial charge in [0, 0.05) is 31.7 Å². The standard InChI is InChI=1S/C16H24N2O/c1-2-14-8-4-5-9-15(14)17-11-10-16(19)18-12-6-3-7-13-18/h4-5,8-9,17H,2-3,6-7,10-13H2,1H3. The molecule has 1 saturated heterocycles. The highest BCUT2D eigenvalue weighted by molar-refractivity contribution is 5.76. The van der Waals surface area contributed by atoms with E-state index < -0.39 is 0 Å². The Morgan fingerprint density at radius 1 is 1.21 bits per heavy atom. The number of nitrogens with zero attached hydrogens (tertiary/aromatic N) is 1. The molecule has 1 fully saturated rings. The fourth-order valence-corrected chi connectivity index (χ4v) is 2.61. The summed E-state index contributed by atoms with van der Waals surface area (Å²) in [7, 11) is 0. The van der Waals surface area contributed by atoms with E-state index in [4.69, 9.17) is 0 Å². The smallest absolute Gasteiger partial charge is 0.224 e. The van der Waals surface area contributed by atoms with Crippen LogP contribution in [-0.4, -0.2) is 30.4 Å². The number of hydrogen-bond donors (Lipinski definition) is 1. The van der Waals surface area contributed by atoms with Crippen LogP contribution in [0.5, 0.6) is 0 Å². The lowest BCUT2D eigenvalue weighted by atomic mass is 10.1. The molecule has 19 heavy (non-hydrogen) atoms. The number of likely N-dealkylation sites (tertiary alicyclic amines) is 1. The van der Waals surface area contributed by atoms with Crippen molar-refractivity contribution in [3.63, 3.8) is 0 Å². The first-order valence-corrected chi connectivity index (χ1v) is 7.41. The van der Waals surface area contributed by atoms with Crippen molar-refractivity contribution in [1.29, 1.82) is 0 Å². The number of amides is 1. The van der Waals surface area contributed by atoms with Crippen LogP contribution in [0.1, 0.15) is 38.2 Å². The van der Waals surface area contributed by atoms with Crippen LogP contribution in [0.2, 0.25) is 0 Å².